The first-order valence-corrected chi connectivity index (χ1v) is 21.1. The number of carbonyl (C=O) groups is 4. The van der Waals surface area contributed by atoms with Crippen molar-refractivity contribution < 1.29 is 57.8 Å². The Labute approximate surface area is 348 Å². The third-order valence-electron chi connectivity index (χ3n) is 13.9. The number of benzene rings is 1. The topological polar surface area (TPSA) is 176 Å². The maximum absolute atomic E-state index is 14.5. The third-order valence-corrected chi connectivity index (χ3v) is 13.9. The molecular weight excluding hydrogens is 759 g/mol. The number of ether oxygens (including phenoxy) is 6. The summed E-state index contributed by atoms with van der Waals surface area (Å²) in [4.78, 5) is 54.7. The Morgan fingerprint density at radius 1 is 1.07 bits per heavy atom. The van der Waals surface area contributed by atoms with Gasteiger partial charge in [-0.15, -0.1) is 0 Å². The van der Waals surface area contributed by atoms with E-state index in [0.29, 0.717) is 29.6 Å². The molecule has 0 spiro atoms. The Morgan fingerprint density at radius 3 is 2.27 bits per heavy atom. The molecular formula is C46H65NO12. The van der Waals surface area contributed by atoms with Crippen LogP contribution in [0.2, 0.25) is 0 Å². The Kier molecular flexibility index (Phi) is 12.1. The molecule has 6 rings (SSSR count). The van der Waals surface area contributed by atoms with Crippen LogP contribution in [0, 0.1) is 34.5 Å². The Morgan fingerprint density at radius 2 is 1.73 bits per heavy atom. The second kappa shape index (κ2) is 15.9. The lowest BCUT2D eigenvalue weighted by molar-refractivity contribution is -0.361. The number of aliphatic hydroxyl groups excluding tert-OH is 1. The van der Waals surface area contributed by atoms with Gasteiger partial charge >= 0.3 is 24.0 Å². The number of hydrogen-bond acceptors (Lipinski definition) is 12. The number of hydrogen-bond donors (Lipinski definition) is 3. The number of aliphatic hydroxyl groups is 2. The summed E-state index contributed by atoms with van der Waals surface area (Å²) in [6.07, 6.45) is -2.98. The lowest BCUT2D eigenvalue weighted by Gasteiger charge is -2.68. The van der Waals surface area contributed by atoms with E-state index in [0.717, 1.165) is 6.42 Å². The van der Waals surface area contributed by atoms with Gasteiger partial charge in [0.05, 0.1) is 34.8 Å². The predicted molar refractivity (Wildman–Crippen MR) is 217 cm³/mol. The van der Waals surface area contributed by atoms with Gasteiger partial charge in [-0.2, -0.15) is 0 Å². The highest BCUT2D eigenvalue weighted by Gasteiger charge is 2.79. The van der Waals surface area contributed by atoms with Crippen LogP contribution in [0.5, 0.6) is 0 Å². The fourth-order valence-electron chi connectivity index (χ4n) is 11.6. The summed E-state index contributed by atoms with van der Waals surface area (Å²) >= 11 is 0. The minimum atomic E-state index is -1.77. The SMILES string of the molecule is C=C[C@@H]1O[C@H]2CC3CC[C@@]3(OC(C)=O)[C@H]3[C@H](OC(=O)c4ccccc4)[C@]4(C(C)(C)O)C[C@H](OC(=O)[C@H](O)[C@H](CC(C)C)NC(=O)OC(C)(C)C)C(C)=C4[C@H](C)[C@H](O1)[C@]23C. The summed E-state index contributed by atoms with van der Waals surface area (Å²) in [5, 5.41) is 27.1. The minimum Gasteiger partial charge on any atom is -0.458 e. The van der Waals surface area contributed by atoms with Crippen molar-refractivity contribution in [3.05, 3.63) is 59.7 Å². The molecule has 1 aromatic rings. The van der Waals surface area contributed by atoms with Crippen LogP contribution in [0.4, 0.5) is 4.79 Å². The highest BCUT2D eigenvalue weighted by molar-refractivity contribution is 5.89. The van der Waals surface area contributed by atoms with Crippen molar-refractivity contribution in [2.75, 3.05) is 0 Å². The van der Waals surface area contributed by atoms with Crippen LogP contribution in [0.25, 0.3) is 0 Å². The van der Waals surface area contributed by atoms with E-state index in [2.05, 4.69) is 18.8 Å². The monoisotopic (exact) mass is 823 g/mol. The van der Waals surface area contributed by atoms with E-state index in [1.165, 1.54) is 6.92 Å². The second-order valence-electron chi connectivity index (χ2n) is 19.7. The van der Waals surface area contributed by atoms with Crippen LogP contribution in [-0.4, -0.2) is 93.9 Å². The van der Waals surface area contributed by atoms with Crippen LogP contribution < -0.4 is 5.32 Å². The van der Waals surface area contributed by atoms with E-state index in [1.807, 2.05) is 27.7 Å². The standard InChI is InChI=1S/C46H65NO12/c1-13-33-55-32-22-29-19-20-46(29,58-27(6)48)36-38(57-39(50)28-17-15-14-16-18-28)45(43(10,11)53)23-31(25(4)34(45)26(5)37(56-33)44(32,36)12)54-40(51)35(49)30(21-24(2)3)47-41(52)59-42(7,8)9/h13-18,24,26,29-33,35-38,49,53H,1,19-23H2,2-12H3,(H,47,52)/t26-,29?,30-,31-,32-,33+,35+,36-,37-,38-,44+,45-,46-/m0/s1. The first-order valence-electron chi connectivity index (χ1n) is 21.1. The van der Waals surface area contributed by atoms with Crippen LogP contribution in [0.1, 0.15) is 119 Å². The molecule has 326 valence electrons. The van der Waals surface area contributed by atoms with E-state index in [-0.39, 0.29) is 24.7 Å². The zero-order valence-electron chi connectivity index (χ0n) is 36.5. The molecule has 0 radical (unpaired) electrons. The van der Waals surface area contributed by atoms with Gasteiger partial charge in [0.25, 0.3) is 0 Å². The molecule has 3 saturated carbocycles. The van der Waals surface area contributed by atoms with Crippen LogP contribution in [0.15, 0.2) is 54.1 Å². The molecule has 4 fully saturated rings. The molecule has 1 unspecified atom stereocenters. The van der Waals surface area contributed by atoms with Gasteiger partial charge < -0.3 is 44.0 Å². The summed E-state index contributed by atoms with van der Waals surface area (Å²) in [6, 6.07) is 7.55. The van der Waals surface area contributed by atoms with Crippen molar-refractivity contribution in [1.82, 2.24) is 5.32 Å². The maximum Gasteiger partial charge on any atom is 0.407 e. The zero-order valence-corrected chi connectivity index (χ0v) is 36.5. The molecule has 0 bridgehead atoms. The molecule has 4 aliphatic carbocycles. The van der Waals surface area contributed by atoms with Gasteiger partial charge in [-0.05, 0) is 102 Å². The Bertz CT molecular complexity index is 1830. The van der Waals surface area contributed by atoms with Crippen LogP contribution >= 0.6 is 0 Å². The Hall–Kier alpha value is -3.78. The van der Waals surface area contributed by atoms with Crippen LogP contribution in [-0.2, 0) is 38.0 Å². The number of carbonyl (C=O) groups excluding carboxylic acids is 4. The molecule has 1 heterocycles. The Balaban J connectivity index is 1.52. The number of fused-ring (bicyclic) bond motifs is 3. The lowest BCUT2D eigenvalue weighted by Crippen LogP contribution is -2.75. The molecule has 13 nitrogen and oxygen atoms in total. The molecule has 1 aromatic carbocycles. The van der Waals surface area contributed by atoms with Crippen molar-refractivity contribution in [3.63, 3.8) is 0 Å². The third kappa shape index (κ3) is 7.74. The minimum absolute atomic E-state index is 0.0222. The lowest BCUT2D eigenvalue weighted by atomic mass is 9.43. The number of esters is 3. The first kappa shape index (κ1) is 44.8. The van der Waals surface area contributed by atoms with Gasteiger partial charge in [-0.25, -0.2) is 14.4 Å². The largest absolute Gasteiger partial charge is 0.458 e. The molecule has 0 aromatic heterocycles. The van der Waals surface area contributed by atoms with Gasteiger partial charge in [0, 0.05) is 36.5 Å². The number of alkyl carbamates (subject to hydrolysis) is 1. The number of amides is 1. The van der Waals surface area contributed by atoms with E-state index >= 15 is 0 Å². The molecule has 1 saturated heterocycles. The summed E-state index contributed by atoms with van der Waals surface area (Å²) in [6.45, 7) is 23.6. The quantitative estimate of drug-likeness (QED) is 0.124. The molecule has 13 heteroatoms. The van der Waals surface area contributed by atoms with Gasteiger partial charge in [0.1, 0.15) is 23.4 Å². The van der Waals surface area contributed by atoms with E-state index in [1.54, 1.807) is 71.0 Å². The van der Waals surface area contributed by atoms with Crippen molar-refractivity contribution >= 4 is 24.0 Å². The van der Waals surface area contributed by atoms with E-state index in [4.69, 9.17) is 28.4 Å². The zero-order chi connectivity index (χ0) is 43.6. The summed E-state index contributed by atoms with van der Waals surface area (Å²) in [7, 11) is 0. The summed E-state index contributed by atoms with van der Waals surface area (Å²) in [5.41, 5.74) is -4.41. The molecule has 1 amide bonds. The highest BCUT2D eigenvalue weighted by atomic mass is 16.7. The number of nitrogens with one attached hydrogen (secondary N) is 1. The average molecular weight is 824 g/mol. The molecule has 13 atom stereocenters. The highest BCUT2D eigenvalue weighted by Crippen LogP contribution is 2.72. The first-order chi connectivity index (χ1) is 27.4. The smallest absolute Gasteiger partial charge is 0.407 e. The summed E-state index contributed by atoms with van der Waals surface area (Å²) in [5.74, 6) is -3.53. The molecule has 3 N–H and O–H groups in total. The van der Waals surface area contributed by atoms with Gasteiger partial charge in [-0.3, -0.25) is 4.79 Å². The van der Waals surface area contributed by atoms with E-state index in [9.17, 15) is 29.4 Å². The van der Waals surface area contributed by atoms with Crippen molar-refractivity contribution in [2.24, 2.45) is 34.5 Å². The van der Waals surface area contributed by atoms with Gasteiger partial charge in [-0.1, -0.05) is 52.5 Å². The van der Waals surface area contributed by atoms with Gasteiger partial charge in [0.2, 0.25) is 0 Å². The number of rotatable bonds is 11. The predicted octanol–water partition coefficient (Wildman–Crippen LogP) is 6.59. The summed E-state index contributed by atoms with van der Waals surface area (Å²) < 4.78 is 38.6. The normalized spacial score (nSPS) is 36.0. The average Bonchev–Trinajstić information content (AvgIpc) is 3.39. The van der Waals surface area contributed by atoms with Crippen molar-refractivity contribution in [1.29, 1.82) is 0 Å². The fraction of sp³-hybridized carbons (Fsp3) is 0.696. The van der Waals surface area contributed by atoms with E-state index < -0.39 is 106 Å². The van der Waals surface area contributed by atoms with Crippen molar-refractivity contribution in [3.8, 4) is 0 Å². The van der Waals surface area contributed by atoms with Crippen molar-refractivity contribution in [2.45, 2.75) is 168 Å². The molecule has 59 heavy (non-hydrogen) atoms. The van der Waals surface area contributed by atoms with Gasteiger partial charge in [0.15, 0.2) is 12.4 Å². The second-order valence-corrected chi connectivity index (χ2v) is 19.7. The fourth-order valence-corrected chi connectivity index (χ4v) is 11.6. The maximum atomic E-state index is 14.5. The van der Waals surface area contributed by atoms with Crippen LogP contribution in [0.3, 0.4) is 0 Å². The molecule has 5 aliphatic rings. The molecule has 1 aliphatic heterocycles.